The summed E-state index contributed by atoms with van der Waals surface area (Å²) in [5.74, 6) is -0.832. The summed E-state index contributed by atoms with van der Waals surface area (Å²) in [6.07, 6.45) is 2.00. The Bertz CT molecular complexity index is 499. The fourth-order valence-electron chi connectivity index (χ4n) is 2.18. The van der Waals surface area contributed by atoms with Crippen molar-refractivity contribution >= 4 is 29.4 Å². The van der Waals surface area contributed by atoms with E-state index in [9.17, 15) is 9.59 Å². The van der Waals surface area contributed by atoms with Gasteiger partial charge in [0.1, 0.15) is 0 Å². The van der Waals surface area contributed by atoms with Crippen LogP contribution in [-0.2, 0) is 4.79 Å². The van der Waals surface area contributed by atoms with E-state index in [1.807, 2.05) is 35.4 Å². The molecule has 1 aromatic carbocycles. The summed E-state index contributed by atoms with van der Waals surface area (Å²) < 4.78 is 0. The molecule has 1 fully saturated rings. The molecule has 0 bridgehead atoms. The molecule has 0 saturated carbocycles. The van der Waals surface area contributed by atoms with Crippen LogP contribution >= 0.6 is 11.8 Å². The predicted octanol–water partition coefficient (Wildman–Crippen LogP) is 1.64. The Morgan fingerprint density at radius 1 is 1.19 bits per heavy atom. The molecule has 0 aromatic heterocycles. The quantitative estimate of drug-likeness (QED) is 0.827. The fourth-order valence-corrected chi connectivity index (χ4v) is 2.59. The van der Waals surface area contributed by atoms with Gasteiger partial charge in [0.05, 0.1) is 6.54 Å². The van der Waals surface area contributed by atoms with Crippen LogP contribution in [-0.4, -0.2) is 65.9 Å². The van der Waals surface area contributed by atoms with Gasteiger partial charge in [0.25, 0.3) is 0 Å². The second-order valence-corrected chi connectivity index (χ2v) is 5.70. The average molecular weight is 309 g/mol. The fraction of sp³-hybridized carbons (Fsp3) is 0.429. The third-order valence-electron chi connectivity index (χ3n) is 3.36. The number of benzene rings is 1. The number of nitrogens with zero attached hydrogens (tertiary/aromatic N) is 2. The topological polar surface area (TPSA) is 72.9 Å². The van der Waals surface area contributed by atoms with Crippen LogP contribution in [0.25, 0.3) is 0 Å². The van der Waals surface area contributed by atoms with Crippen LogP contribution in [0.4, 0.5) is 10.5 Å². The van der Waals surface area contributed by atoms with Crippen LogP contribution in [0.3, 0.4) is 0 Å². The van der Waals surface area contributed by atoms with Crippen molar-refractivity contribution in [2.45, 2.75) is 4.90 Å². The highest BCUT2D eigenvalue weighted by molar-refractivity contribution is 7.98. The van der Waals surface area contributed by atoms with Gasteiger partial charge in [0, 0.05) is 36.8 Å². The van der Waals surface area contributed by atoms with Crippen molar-refractivity contribution in [2.24, 2.45) is 0 Å². The number of carbonyl (C=O) groups is 2. The number of carboxylic acid groups (broad SMARTS) is 1. The molecule has 1 aromatic rings. The summed E-state index contributed by atoms with van der Waals surface area (Å²) in [5, 5.41) is 11.6. The Morgan fingerprint density at radius 2 is 1.81 bits per heavy atom. The van der Waals surface area contributed by atoms with Crippen LogP contribution in [0.1, 0.15) is 0 Å². The standard InChI is InChI=1S/C14H19N3O3S/c1-21-12-4-2-11(3-5-12)15-14(20)17-8-6-16(7-9-17)10-13(18)19/h2-5H,6-10H2,1H3,(H,15,20)(H,18,19). The summed E-state index contributed by atoms with van der Waals surface area (Å²) in [7, 11) is 0. The van der Waals surface area contributed by atoms with E-state index < -0.39 is 5.97 Å². The summed E-state index contributed by atoms with van der Waals surface area (Å²) in [6.45, 7) is 2.30. The normalized spacial score (nSPS) is 15.8. The van der Waals surface area contributed by atoms with E-state index >= 15 is 0 Å². The molecule has 0 atom stereocenters. The number of amides is 2. The second-order valence-electron chi connectivity index (χ2n) is 4.82. The summed E-state index contributed by atoms with van der Waals surface area (Å²) >= 11 is 1.65. The first kappa shape index (κ1) is 15.7. The van der Waals surface area contributed by atoms with Crippen LogP contribution in [0.2, 0.25) is 0 Å². The van der Waals surface area contributed by atoms with Gasteiger partial charge < -0.3 is 15.3 Å². The smallest absolute Gasteiger partial charge is 0.321 e. The first-order valence-corrected chi connectivity index (χ1v) is 7.95. The zero-order chi connectivity index (χ0) is 15.2. The van der Waals surface area contributed by atoms with E-state index in [1.165, 1.54) is 0 Å². The number of hydrogen-bond acceptors (Lipinski definition) is 4. The van der Waals surface area contributed by atoms with Crippen molar-refractivity contribution in [1.82, 2.24) is 9.80 Å². The number of hydrogen-bond donors (Lipinski definition) is 2. The van der Waals surface area contributed by atoms with Gasteiger partial charge in [-0.25, -0.2) is 4.79 Å². The number of anilines is 1. The lowest BCUT2D eigenvalue weighted by atomic mass is 10.3. The van der Waals surface area contributed by atoms with Gasteiger partial charge in [-0.3, -0.25) is 9.69 Å². The second kappa shape index (κ2) is 7.33. The highest BCUT2D eigenvalue weighted by Gasteiger charge is 2.22. The third kappa shape index (κ3) is 4.64. The van der Waals surface area contributed by atoms with E-state index in [1.54, 1.807) is 16.7 Å². The minimum atomic E-state index is -0.832. The summed E-state index contributed by atoms with van der Waals surface area (Å²) in [4.78, 5) is 27.5. The number of rotatable bonds is 4. The molecule has 114 valence electrons. The van der Waals surface area contributed by atoms with E-state index in [4.69, 9.17) is 5.11 Å². The van der Waals surface area contributed by atoms with Crippen molar-refractivity contribution in [3.8, 4) is 0 Å². The molecule has 2 amide bonds. The minimum Gasteiger partial charge on any atom is -0.480 e. The van der Waals surface area contributed by atoms with Crippen LogP contribution in [0.15, 0.2) is 29.2 Å². The molecule has 2 N–H and O–H groups in total. The van der Waals surface area contributed by atoms with Gasteiger partial charge in [0.2, 0.25) is 0 Å². The number of carboxylic acids is 1. The van der Waals surface area contributed by atoms with Crippen LogP contribution < -0.4 is 5.32 Å². The highest BCUT2D eigenvalue weighted by atomic mass is 32.2. The number of piperazine rings is 1. The molecule has 1 saturated heterocycles. The van der Waals surface area contributed by atoms with Gasteiger partial charge in [0.15, 0.2) is 0 Å². The van der Waals surface area contributed by atoms with Gasteiger partial charge >= 0.3 is 12.0 Å². The molecule has 2 rings (SSSR count). The molecular weight excluding hydrogens is 290 g/mol. The van der Waals surface area contributed by atoms with E-state index in [0.29, 0.717) is 26.2 Å². The van der Waals surface area contributed by atoms with Gasteiger partial charge in [-0.2, -0.15) is 0 Å². The number of carbonyl (C=O) groups excluding carboxylic acids is 1. The molecule has 0 aliphatic carbocycles. The average Bonchev–Trinajstić information content (AvgIpc) is 2.48. The maximum absolute atomic E-state index is 12.1. The maximum atomic E-state index is 12.1. The number of thioether (sulfide) groups is 1. The van der Waals surface area contributed by atoms with Crippen molar-refractivity contribution in [1.29, 1.82) is 0 Å². The Morgan fingerprint density at radius 3 is 2.33 bits per heavy atom. The van der Waals surface area contributed by atoms with Crippen LogP contribution in [0, 0.1) is 0 Å². The number of urea groups is 1. The van der Waals surface area contributed by atoms with Crippen molar-refractivity contribution in [3.05, 3.63) is 24.3 Å². The van der Waals surface area contributed by atoms with E-state index in [-0.39, 0.29) is 12.6 Å². The molecular formula is C14H19N3O3S. The Balaban J connectivity index is 1.82. The van der Waals surface area contributed by atoms with Gasteiger partial charge in [-0.15, -0.1) is 11.8 Å². The molecule has 21 heavy (non-hydrogen) atoms. The zero-order valence-corrected chi connectivity index (χ0v) is 12.7. The molecule has 7 heteroatoms. The molecule has 1 aliphatic rings. The highest BCUT2D eigenvalue weighted by Crippen LogP contribution is 2.17. The molecule has 1 heterocycles. The lowest BCUT2D eigenvalue weighted by Crippen LogP contribution is -2.51. The van der Waals surface area contributed by atoms with Crippen molar-refractivity contribution in [3.63, 3.8) is 0 Å². The number of nitrogens with one attached hydrogen (secondary N) is 1. The molecule has 0 unspecified atom stereocenters. The minimum absolute atomic E-state index is 0.0333. The predicted molar refractivity (Wildman–Crippen MR) is 82.9 cm³/mol. The van der Waals surface area contributed by atoms with E-state index in [2.05, 4.69) is 5.32 Å². The number of aliphatic carboxylic acids is 1. The molecule has 6 nitrogen and oxygen atoms in total. The first-order chi connectivity index (χ1) is 10.1. The lowest BCUT2D eigenvalue weighted by molar-refractivity contribution is -0.138. The third-order valence-corrected chi connectivity index (χ3v) is 4.10. The van der Waals surface area contributed by atoms with Crippen LogP contribution in [0.5, 0.6) is 0 Å². The lowest BCUT2D eigenvalue weighted by Gasteiger charge is -2.33. The Kier molecular flexibility index (Phi) is 5.46. The zero-order valence-electron chi connectivity index (χ0n) is 11.9. The largest absolute Gasteiger partial charge is 0.480 e. The van der Waals surface area contributed by atoms with Gasteiger partial charge in [-0.05, 0) is 30.5 Å². The Hall–Kier alpha value is -1.73. The maximum Gasteiger partial charge on any atom is 0.321 e. The van der Waals surface area contributed by atoms with E-state index in [0.717, 1.165) is 10.6 Å². The van der Waals surface area contributed by atoms with Crippen molar-refractivity contribution < 1.29 is 14.7 Å². The Labute approximate surface area is 128 Å². The molecule has 0 radical (unpaired) electrons. The summed E-state index contributed by atoms with van der Waals surface area (Å²) in [5.41, 5.74) is 0.769. The SMILES string of the molecule is CSc1ccc(NC(=O)N2CCN(CC(=O)O)CC2)cc1. The van der Waals surface area contributed by atoms with Gasteiger partial charge in [-0.1, -0.05) is 0 Å². The monoisotopic (exact) mass is 309 g/mol. The molecule has 1 aliphatic heterocycles. The molecule has 0 spiro atoms. The summed E-state index contributed by atoms with van der Waals surface area (Å²) in [6, 6.07) is 7.55. The van der Waals surface area contributed by atoms with Crippen molar-refractivity contribution in [2.75, 3.05) is 44.3 Å². The first-order valence-electron chi connectivity index (χ1n) is 6.72.